The van der Waals surface area contributed by atoms with Crippen molar-refractivity contribution >= 4 is 29.2 Å². The molecule has 1 aliphatic heterocycles. The predicted octanol–water partition coefficient (Wildman–Crippen LogP) is 3.21. The van der Waals surface area contributed by atoms with Gasteiger partial charge < -0.3 is 15.4 Å². The van der Waals surface area contributed by atoms with Crippen molar-refractivity contribution in [2.45, 2.75) is 34.2 Å². The van der Waals surface area contributed by atoms with Crippen LogP contribution >= 0.6 is 11.6 Å². The Morgan fingerprint density at radius 3 is 2.70 bits per heavy atom. The number of pyridine rings is 1. The summed E-state index contributed by atoms with van der Waals surface area (Å²) in [6, 6.07) is 0. The monoisotopic (exact) mass is 389 g/mol. The number of ketones is 1. The number of halogens is 1. The fourth-order valence-electron chi connectivity index (χ4n) is 3.54. The first-order chi connectivity index (χ1) is 12.7. The number of carbonyl (C=O) groups is 1. The number of nitrogens with two attached hydrogens (primary N) is 1. The Labute approximate surface area is 163 Å². The van der Waals surface area contributed by atoms with Crippen molar-refractivity contribution < 1.29 is 9.53 Å². The third-order valence-corrected chi connectivity index (χ3v) is 5.33. The van der Waals surface area contributed by atoms with Gasteiger partial charge in [0.05, 0.1) is 24.9 Å². The van der Waals surface area contributed by atoms with Crippen LogP contribution in [-0.4, -0.2) is 34.4 Å². The number of nitrogens with zero attached hydrogens (tertiary/aromatic N) is 4. The van der Waals surface area contributed by atoms with Crippen LogP contribution in [0.5, 0.6) is 5.75 Å². The van der Waals surface area contributed by atoms with Gasteiger partial charge in [0.15, 0.2) is 5.78 Å². The van der Waals surface area contributed by atoms with Crippen molar-refractivity contribution in [3.63, 3.8) is 0 Å². The average molecular weight is 390 g/mol. The molecule has 0 saturated heterocycles. The zero-order chi connectivity index (χ0) is 19.9. The summed E-state index contributed by atoms with van der Waals surface area (Å²) in [5.74, 6) is 1.25. The second-order valence-electron chi connectivity index (χ2n) is 7.21. The van der Waals surface area contributed by atoms with Gasteiger partial charge in [-0.05, 0) is 19.8 Å². The summed E-state index contributed by atoms with van der Waals surface area (Å²) < 4.78 is 5.51. The maximum absolute atomic E-state index is 12.9. The smallest absolute Gasteiger partial charge is 0.223 e. The number of anilines is 2. The Balaban J connectivity index is 2.08. The Morgan fingerprint density at radius 2 is 2.07 bits per heavy atom. The molecular formula is C19H24ClN5O2. The second-order valence-corrected chi connectivity index (χ2v) is 7.57. The predicted molar refractivity (Wildman–Crippen MR) is 105 cm³/mol. The number of fused-ring (bicyclic) bond motifs is 1. The molecule has 3 rings (SSSR count). The number of hydrogen-bond acceptors (Lipinski definition) is 7. The summed E-state index contributed by atoms with van der Waals surface area (Å²) in [6.07, 6.45) is 1.79. The molecule has 2 aromatic rings. The van der Waals surface area contributed by atoms with E-state index in [9.17, 15) is 4.79 Å². The van der Waals surface area contributed by atoms with E-state index in [-0.39, 0.29) is 28.7 Å². The van der Waals surface area contributed by atoms with Gasteiger partial charge >= 0.3 is 0 Å². The number of rotatable bonds is 4. The van der Waals surface area contributed by atoms with Crippen LogP contribution in [0.3, 0.4) is 0 Å². The molecule has 1 atom stereocenters. The highest BCUT2D eigenvalue weighted by molar-refractivity contribution is 6.34. The first kappa shape index (κ1) is 19.4. The van der Waals surface area contributed by atoms with Gasteiger partial charge in [0.25, 0.3) is 0 Å². The minimum Gasteiger partial charge on any atom is -0.496 e. The molecule has 0 aliphatic carbocycles. The normalized spacial score (nSPS) is 16.6. The lowest BCUT2D eigenvalue weighted by Crippen LogP contribution is -2.42. The first-order valence-electron chi connectivity index (χ1n) is 8.85. The topological polar surface area (TPSA) is 94.2 Å². The van der Waals surface area contributed by atoms with Crippen LogP contribution < -0.4 is 15.4 Å². The van der Waals surface area contributed by atoms with Crippen LogP contribution in [0.25, 0.3) is 0 Å². The molecule has 8 heteroatoms. The van der Waals surface area contributed by atoms with E-state index in [1.807, 2.05) is 32.6 Å². The lowest BCUT2D eigenvalue weighted by Gasteiger charge is -2.36. The number of aromatic nitrogens is 3. The molecule has 27 heavy (non-hydrogen) atoms. The zero-order valence-electron chi connectivity index (χ0n) is 16.2. The highest BCUT2D eigenvalue weighted by Gasteiger charge is 2.37. The third kappa shape index (κ3) is 3.43. The number of carbonyl (C=O) groups excluding carboxylic acids is 1. The van der Waals surface area contributed by atoms with E-state index in [1.165, 1.54) is 0 Å². The molecule has 0 spiro atoms. The molecule has 3 heterocycles. The maximum atomic E-state index is 12.9. The minimum absolute atomic E-state index is 0.0348. The standard InChI is InChI=1S/C19H24ClN5O2/c1-9(2)12-7-25(8-13-11(4)16(27-5)10(3)6-22-13)18-14(15(12)26)17(20)23-19(21)24-18/h6,9,12H,7-8H2,1-5H3,(H2,21,23,24). The van der Waals surface area contributed by atoms with E-state index in [0.717, 1.165) is 22.6 Å². The van der Waals surface area contributed by atoms with E-state index in [0.29, 0.717) is 24.5 Å². The second kappa shape index (κ2) is 7.31. The van der Waals surface area contributed by atoms with Crippen LogP contribution in [-0.2, 0) is 6.54 Å². The zero-order valence-corrected chi connectivity index (χ0v) is 17.0. The molecule has 0 radical (unpaired) electrons. The van der Waals surface area contributed by atoms with Crippen molar-refractivity contribution in [2.75, 3.05) is 24.3 Å². The number of hydrogen-bond donors (Lipinski definition) is 1. The highest BCUT2D eigenvalue weighted by Crippen LogP contribution is 2.36. The molecular weight excluding hydrogens is 366 g/mol. The quantitative estimate of drug-likeness (QED) is 0.802. The summed E-state index contributed by atoms with van der Waals surface area (Å²) in [4.78, 5) is 27.8. The number of ether oxygens (including phenoxy) is 1. The van der Waals surface area contributed by atoms with Gasteiger partial charge in [0, 0.05) is 29.8 Å². The van der Waals surface area contributed by atoms with Gasteiger partial charge in [0.1, 0.15) is 16.7 Å². The summed E-state index contributed by atoms with van der Waals surface area (Å²) in [5.41, 5.74) is 8.93. The summed E-state index contributed by atoms with van der Waals surface area (Å²) in [5, 5.41) is 0.101. The average Bonchev–Trinajstić information content (AvgIpc) is 2.59. The Morgan fingerprint density at radius 1 is 1.37 bits per heavy atom. The van der Waals surface area contributed by atoms with E-state index in [1.54, 1.807) is 13.3 Å². The van der Waals surface area contributed by atoms with Crippen LogP contribution in [0, 0.1) is 25.7 Å². The summed E-state index contributed by atoms with van der Waals surface area (Å²) in [6.45, 7) is 8.98. The van der Waals surface area contributed by atoms with Gasteiger partial charge in [0.2, 0.25) is 5.95 Å². The van der Waals surface area contributed by atoms with Gasteiger partial charge in [-0.25, -0.2) is 4.98 Å². The lowest BCUT2D eigenvalue weighted by atomic mass is 9.85. The van der Waals surface area contributed by atoms with Crippen molar-refractivity contribution in [1.82, 2.24) is 15.0 Å². The molecule has 0 saturated carbocycles. The molecule has 0 bridgehead atoms. The largest absolute Gasteiger partial charge is 0.496 e. The molecule has 7 nitrogen and oxygen atoms in total. The molecule has 2 N–H and O–H groups in total. The Hall–Kier alpha value is -2.41. The van der Waals surface area contributed by atoms with Crippen molar-refractivity contribution in [2.24, 2.45) is 11.8 Å². The fourth-order valence-corrected chi connectivity index (χ4v) is 3.80. The Bertz CT molecular complexity index is 900. The summed E-state index contributed by atoms with van der Waals surface area (Å²) in [7, 11) is 1.65. The first-order valence-corrected chi connectivity index (χ1v) is 9.23. The van der Waals surface area contributed by atoms with Gasteiger partial charge in [-0.1, -0.05) is 25.4 Å². The lowest BCUT2D eigenvalue weighted by molar-refractivity contribution is 0.0880. The third-order valence-electron chi connectivity index (χ3n) is 5.06. The summed E-state index contributed by atoms with van der Waals surface area (Å²) >= 11 is 6.27. The number of nitrogen functional groups attached to an aromatic ring is 1. The minimum atomic E-state index is -0.199. The molecule has 1 aliphatic rings. The highest BCUT2D eigenvalue weighted by atomic mass is 35.5. The number of methoxy groups -OCH3 is 1. The Kier molecular flexibility index (Phi) is 5.24. The van der Waals surface area contributed by atoms with Crippen LogP contribution in [0.15, 0.2) is 6.20 Å². The molecule has 1 unspecified atom stereocenters. The molecule has 144 valence electrons. The number of aryl methyl sites for hydroxylation is 1. The van der Waals surface area contributed by atoms with Gasteiger partial charge in [-0.2, -0.15) is 4.98 Å². The van der Waals surface area contributed by atoms with E-state index >= 15 is 0 Å². The fraction of sp³-hybridized carbons (Fsp3) is 0.474. The van der Waals surface area contributed by atoms with Crippen LogP contribution in [0.2, 0.25) is 5.15 Å². The molecule has 2 aromatic heterocycles. The SMILES string of the molecule is COc1c(C)cnc(CN2CC(C(C)C)C(=O)c3c(Cl)nc(N)nc32)c1C. The van der Waals surface area contributed by atoms with Crippen LogP contribution in [0.1, 0.15) is 41.0 Å². The number of Topliss-reactive ketones (excluding diaryl/α,β-unsaturated/α-hetero) is 1. The van der Waals surface area contributed by atoms with Gasteiger partial charge in [-0.3, -0.25) is 9.78 Å². The van der Waals surface area contributed by atoms with E-state index in [2.05, 4.69) is 15.0 Å². The maximum Gasteiger partial charge on any atom is 0.223 e. The van der Waals surface area contributed by atoms with Crippen LogP contribution in [0.4, 0.5) is 11.8 Å². The van der Waals surface area contributed by atoms with E-state index < -0.39 is 0 Å². The van der Waals surface area contributed by atoms with Crippen molar-refractivity contribution in [3.05, 3.63) is 33.7 Å². The van der Waals surface area contributed by atoms with Crippen molar-refractivity contribution in [1.29, 1.82) is 0 Å². The molecule has 0 aromatic carbocycles. The molecule has 0 fully saturated rings. The van der Waals surface area contributed by atoms with Gasteiger partial charge in [-0.15, -0.1) is 0 Å². The molecule has 0 amide bonds. The van der Waals surface area contributed by atoms with Crippen molar-refractivity contribution in [3.8, 4) is 5.75 Å². The van der Waals surface area contributed by atoms with E-state index in [4.69, 9.17) is 22.1 Å².